The highest BCUT2D eigenvalue weighted by molar-refractivity contribution is 5.81. The monoisotopic (exact) mass is 212 g/mol. The van der Waals surface area contributed by atoms with Crippen LogP contribution in [0.4, 0.5) is 0 Å². The summed E-state index contributed by atoms with van der Waals surface area (Å²) in [7, 11) is 0. The molecule has 4 nitrogen and oxygen atoms in total. The van der Waals surface area contributed by atoms with E-state index in [1.807, 2.05) is 11.8 Å². The van der Waals surface area contributed by atoms with Gasteiger partial charge in [0.2, 0.25) is 0 Å². The molecule has 3 unspecified atom stereocenters. The van der Waals surface area contributed by atoms with Crippen molar-refractivity contribution in [3.8, 4) is 0 Å². The second-order valence-electron chi connectivity index (χ2n) is 4.70. The molecular weight excluding hydrogens is 192 g/mol. The average molecular weight is 212 g/mol. The molecule has 2 fully saturated rings. The molecule has 0 radical (unpaired) electrons. The lowest BCUT2D eigenvalue weighted by molar-refractivity contribution is -0.143. The number of likely N-dealkylation sites (tertiary alicyclic amines) is 1. The molecule has 2 heterocycles. The summed E-state index contributed by atoms with van der Waals surface area (Å²) in [6.45, 7) is 3.57. The van der Waals surface area contributed by atoms with E-state index in [-0.39, 0.29) is 24.2 Å². The lowest BCUT2D eigenvalue weighted by atomic mass is 10.1. The van der Waals surface area contributed by atoms with E-state index in [1.165, 1.54) is 0 Å². The summed E-state index contributed by atoms with van der Waals surface area (Å²) in [5.41, 5.74) is 5.85. The highest BCUT2D eigenvalue weighted by atomic mass is 16.5. The second kappa shape index (κ2) is 4.49. The van der Waals surface area contributed by atoms with E-state index >= 15 is 0 Å². The maximum atomic E-state index is 12.0. The molecule has 2 aliphatic heterocycles. The smallest absolute Gasteiger partial charge is 0.251 e. The van der Waals surface area contributed by atoms with Crippen LogP contribution in [-0.2, 0) is 9.53 Å². The van der Waals surface area contributed by atoms with Crippen LogP contribution >= 0.6 is 0 Å². The van der Waals surface area contributed by atoms with Crippen LogP contribution in [0.25, 0.3) is 0 Å². The Labute approximate surface area is 90.8 Å². The molecule has 0 saturated carbocycles. The van der Waals surface area contributed by atoms with E-state index in [2.05, 4.69) is 0 Å². The van der Waals surface area contributed by atoms with Gasteiger partial charge in [0.15, 0.2) is 0 Å². The zero-order valence-corrected chi connectivity index (χ0v) is 9.32. The Balaban J connectivity index is 1.89. The molecule has 2 N–H and O–H groups in total. The lowest BCUT2D eigenvalue weighted by Gasteiger charge is -2.32. The van der Waals surface area contributed by atoms with Gasteiger partial charge >= 0.3 is 0 Å². The first-order valence-corrected chi connectivity index (χ1v) is 5.86. The van der Waals surface area contributed by atoms with Crippen LogP contribution in [0, 0.1) is 0 Å². The first-order valence-electron chi connectivity index (χ1n) is 5.86. The maximum Gasteiger partial charge on any atom is 0.251 e. The number of nitrogens with two attached hydrogens (primary N) is 1. The fourth-order valence-corrected chi connectivity index (χ4v) is 2.40. The minimum atomic E-state index is -0.203. The standard InChI is InChI=1S/C11H20N2O2/c1-8-4-5-10(15-8)11(14)13-6-2-3-9(12)7-13/h8-10H,2-7,12H2,1H3. The van der Waals surface area contributed by atoms with Gasteiger partial charge in [0.1, 0.15) is 6.10 Å². The van der Waals surface area contributed by atoms with Crippen molar-refractivity contribution in [1.82, 2.24) is 4.90 Å². The summed E-state index contributed by atoms with van der Waals surface area (Å²) >= 11 is 0. The summed E-state index contributed by atoms with van der Waals surface area (Å²) in [5, 5.41) is 0. The molecule has 0 aromatic rings. The Morgan fingerprint density at radius 2 is 2.20 bits per heavy atom. The van der Waals surface area contributed by atoms with Crippen molar-refractivity contribution < 1.29 is 9.53 Å². The van der Waals surface area contributed by atoms with Crippen LogP contribution in [0.5, 0.6) is 0 Å². The number of hydrogen-bond acceptors (Lipinski definition) is 3. The molecule has 4 heteroatoms. The Morgan fingerprint density at radius 3 is 2.80 bits per heavy atom. The van der Waals surface area contributed by atoms with Gasteiger partial charge in [-0.25, -0.2) is 0 Å². The summed E-state index contributed by atoms with van der Waals surface area (Å²) < 4.78 is 5.58. The van der Waals surface area contributed by atoms with Crippen LogP contribution in [0.2, 0.25) is 0 Å². The van der Waals surface area contributed by atoms with Crippen molar-refractivity contribution >= 4 is 5.91 Å². The third kappa shape index (κ3) is 2.49. The Morgan fingerprint density at radius 1 is 1.40 bits per heavy atom. The number of hydrogen-bond donors (Lipinski definition) is 1. The Hall–Kier alpha value is -0.610. The average Bonchev–Trinajstić information content (AvgIpc) is 2.64. The Kier molecular flexibility index (Phi) is 3.26. The van der Waals surface area contributed by atoms with E-state index < -0.39 is 0 Å². The fourth-order valence-electron chi connectivity index (χ4n) is 2.40. The van der Waals surface area contributed by atoms with Crippen molar-refractivity contribution in [1.29, 1.82) is 0 Å². The van der Waals surface area contributed by atoms with Gasteiger partial charge < -0.3 is 15.4 Å². The molecule has 2 saturated heterocycles. The van der Waals surface area contributed by atoms with Gasteiger partial charge in [0.05, 0.1) is 6.10 Å². The van der Waals surface area contributed by atoms with E-state index in [0.717, 1.165) is 32.2 Å². The number of piperidine rings is 1. The molecule has 2 rings (SSSR count). The highest BCUT2D eigenvalue weighted by Gasteiger charge is 2.33. The van der Waals surface area contributed by atoms with Crippen LogP contribution in [-0.4, -0.2) is 42.1 Å². The summed E-state index contributed by atoms with van der Waals surface area (Å²) in [4.78, 5) is 13.9. The van der Waals surface area contributed by atoms with Gasteiger partial charge in [-0.3, -0.25) is 4.79 Å². The summed E-state index contributed by atoms with van der Waals surface area (Å²) in [5.74, 6) is 0.148. The molecule has 86 valence electrons. The van der Waals surface area contributed by atoms with Crippen molar-refractivity contribution in [3.63, 3.8) is 0 Å². The SMILES string of the molecule is CC1CCC(C(=O)N2CCCC(N)C2)O1. The molecule has 2 aliphatic rings. The Bertz CT molecular complexity index is 245. The van der Waals surface area contributed by atoms with Crippen molar-refractivity contribution in [2.45, 2.75) is 50.9 Å². The highest BCUT2D eigenvalue weighted by Crippen LogP contribution is 2.22. The quantitative estimate of drug-likeness (QED) is 0.688. The zero-order chi connectivity index (χ0) is 10.8. The first-order chi connectivity index (χ1) is 7.16. The van der Waals surface area contributed by atoms with Gasteiger partial charge in [-0.2, -0.15) is 0 Å². The van der Waals surface area contributed by atoms with Crippen molar-refractivity contribution in [2.24, 2.45) is 5.73 Å². The largest absolute Gasteiger partial charge is 0.365 e. The van der Waals surface area contributed by atoms with Gasteiger partial charge in [-0.05, 0) is 32.6 Å². The van der Waals surface area contributed by atoms with Crippen LogP contribution in [0.3, 0.4) is 0 Å². The third-order valence-corrected chi connectivity index (χ3v) is 3.28. The molecule has 0 spiro atoms. The van der Waals surface area contributed by atoms with Gasteiger partial charge in [-0.1, -0.05) is 0 Å². The van der Waals surface area contributed by atoms with Crippen LogP contribution in [0.15, 0.2) is 0 Å². The predicted molar refractivity (Wildman–Crippen MR) is 57.4 cm³/mol. The molecular formula is C11H20N2O2. The van der Waals surface area contributed by atoms with E-state index in [4.69, 9.17) is 10.5 Å². The zero-order valence-electron chi connectivity index (χ0n) is 9.32. The number of carbonyl (C=O) groups is 1. The first kappa shape index (κ1) is 10.9. The van der Waals surface area contributed by atoms with Crippen molar-refractivity contribution in [3.05, 3.63) is 0 Å². The molecule has 0 aromatic heterocycles. The van der Waals surface area contributed by atoms with E-state index in [9.17, 15) is 4.79 Å². The minimum absolute atomic E-state index is 0.148. The minimum Gasteiger partial charge on any atom is -0.365 e. The van der Waals surface area contributed by atoms with E-state index in [1.54, 1.807) is 0 Å². The van der Waals surface area contributed by atoms with Crippen molar-refractivity contribution in [2.75, 3.05) is 13.1 Å². The molecule has 1 amide bonds. The number of carbonyl (C=O) groups excluding carboxylic acids is 1. The fraction of sp³-hybridized carbons (Fsp3) is 0.909. The second-order valence-corrected chi connectivity index (χ2v) is 4.70. The van der Waals surface area contributed by atoms with E-state index in [0.29, 0.717) is 6.54 Å². The lowest BCUT2D eigenvalue weighted by Crippen LogP contribution is -2.49. The predicted octanol–water partition coefficient (Wildman–Crippen LogP) is 0.504. The number of amides is 1. The molecule has 0 bridgehead atoms. The van der Waals surface area contributed by atoms with Gasteiger partial charge in [0, 0.05) is 19.1 Å². The topological polar surface area (TPSA) is 55.6 Å². The van der Waals surface area contributed by atoms with Crippen LogP contribution < -0.4 is 5.73 Å². The third-order valence-electron chi connectivity index (χ3n) is 3.28. The summed E-state index contributed by atoms with van der Waals surface area (Å²) in [6.07, 6.45) is 3.95. The number of nitrogens with zero attached hydrogens (tertiary/aromatic N) is 1. The maximum absolute atomic E-state index is 12.0. The molecule has 0 aliphatic carbocycles. The number of rotatable bonds is 1. The molecule has 3 atom stereocenters. The molecule has 15 heavy (non-hydrogen) atoms. The van der Waals surface area contributed by atoms with Crippen LogP contribution in [0.1, 0.15) is 32.6 Å². The van der Waals surface area contributed by atoms with Gasteiger partial charge in [0.25, 0.3) is 5.91 Å². The summed E-state index contributed by atoms with van der Waals surface area (Å²) in [6, 6.07) is 0.154. The normalized spacial score (nSPS) is 36.9. The van der Waals surface area contributed by atoms with Gasteiger partial charge in [-0.15, -0.1) is 0 Å². The number of ether oxygens (including phenoxy) is 1. The molecule has 0 aromatic carbocycles.